The standard InChI is InChI=1S/C15H17ClO2/c1-14-7-6-12(15(14,9-17)18-10-14)8-11-2-4-13(16)5-3-11/h2-5,9,12H,6-8,10H2,1H3/t12-,14+,15+/m1/s1. The summed E-state index contributed by atoms with van der Waals surface area (Å²) < 4.78 is 5.71. The molecule has 18 heavy (non-hydrogen) atoms. The molecule has 1 aromatic carbocycles. The van der Waals surface area contributed by atoms with Crippen LogP contribution in [0, 0.1) is 11.3 Å². The highest BCUT2D eigenvalue weighted by molar-refractivity contribution is 6.30. The second-order valence-corrected chi connectivity index (χ2v) is 6.26. The number of benzene rings is 1. The molecule has 0 amide bonds. The van der Waals surface area contributed by atoms with Crippen molar-refractivity contribution in [3.8, 4) is 0 Å². The lowest BCUT2D eigenvalue weighted by Gasteiger charge is -2.52. The Morgan fingerprint density at radius 3 is 2.72 bits per heavy atom. The number of halogens is 1. The van der Waals surface area contributed by atoms with Crippen LogP contribution in [0.1, 0.15) is 25.3 Å². The quantitative estimate of drug-likeness (QED) is 0.784. The lowest BCUT2D eigenvalue weighted by molar-refractivity contribution is -0.239. The average molecular weight is 265 g/mol. The maximum atomic E-state index is 11.5. The highest BCUT2D eigenvalue weighted by atomic mass is 35.5. The topological polar surface area (TPSA) is 26.3 Å². The molecular formula is C15H17ClO2. The number of aldehydes is 1. The minimum absolute atomic E-state index is 0.0614. The van der Waals surface area contributed by atoms with E-state index in [1.807, 2.05) is 24.3 Å². The highest BCUT2D eigenvalue weighted by Crippen LogP contribution is 2.58. The van der Waals surface area contributed by atoms with Crippen molar-refractivity contribution >= 4 is 17.9 Å². The van der Waals surface area contributed by atoms with Gasteiger partial charge in [0.25, 0.3) is 0 Å². The molecule has 0 bridgehead atoms. The fraction of sp³-hybridized carbons (Fsp3) is 0.533. The Hall–Kier alpha value is -0.860. The molecule has 1 saturated heterocycles. The molecule has 2 aliphatic rings. The molecule has 3 heteroatoms. The van der Waals surface area contributed by atoms with Crippen molar-refractivity contribution in [2.75, 3.05) is 6.61 Å². The van der Waals surface area contributed by atoms with Crippen molar-refractivity contribution in [2.45, 2.75) is 31.8 Å². The first-order chi connectivity index (χ1) is 8.60. The molecule has 0 unspecified atom stereocenters. The lowest BCUT2D eigenvalue weighted by Crippen LogP contribution is -2.62. The molecule has 3 atom stereocenters. The molecule has 1 aliphatic heterocycles. The molecule has 0 N–H and O–H groups in total. The molecule has 0 radical (unpaired) electrons. The van der Waals surface area contributed by atoms with E-state index in [1.54, 1.807) is 0 Å². The molecule has 2 nitrogen and oxygen atoms in total. The minimum Gasteiger partial charge on any atom is -0.366 e. The Morgan fingerprint density at radius 1 is 1.44 bits per heavy atom. The van der Waals surface area contributed by atoms with E-state index in [2.05, 4.69) is 6.92 Å². The molecule has 2 fully saturated rings. The highest BCUT2D eigenvalue weighted by Gasteiger charge is 2.65. The maximum Gasteiger partial charge on any atom is 0.152 e. The van der Waals surface area contributed by atoms with Crippen LogP contribution in [0.4, 0.5) is 0 Å². The van der Waals surface area contributed by atoms with Crippen LogP contribution in [0.5, 0.6) is 0 Å². The van der Waals surface area contributed by atoms with Crippen molar-refractivity contribution in [1.82, 2.24) is 0 Å². The van der Waals surface area contributed by atoms with E-state index in [4.69, 9.17) is 16.3 Å². The number of hydrogen-bond donors (Lipinski definition) is 0. The molecule has 1 aliphatic carbocycles. The third-order valence-electron chi connectivity index (χ3n) is 4.79. The van der Waals surface area contributed by atoms with Crippen LogP contribution in [0.15, 0.2) is 24.3 Å². The van der Waals surface area contributed by atoms with Gasteiger partial charge in [-0.15, -0.1) is 0 Å². The maximum absolute atomic E-state index is 11.5. The largest absolute Gasteiger partial charge is 0.366 e. The summed E-state index contributed by atoms with van der Waals surface area (Å²) in [6.45, 7) is 2.90. The van der Waals surface area contributed by atoms with Crippen LogP contribution in [-0.2, 0) is 16.0 Å². The summed E-state index contributed by atoms with van der Waals surface area (Å²) in [6.07, 6.45) is 4.09. The van der Waals surface area contributed by atoms with Crippen LogP contribution < -0.4 is 0 Å². The van der Waals surface area contributed by atoms with Gasteiger partial charge in [-0.25, -0.2) is 0 Å². The van der Waals surface area contributed by atoms with E-state index < -0.39 is 5.60 Å². The average Bonchev–Trinajstić information content (AvgIpc) is 2.54. The van der Waals surface area contributed by atoms with E-state index in [0.29, 0.717) is 5.92 Å². The fourth-order valence-corrected chi connectivity index (χ4v) is 3.63. The summed E-state index contributed by atoms with van der Waals surface area (Å²) in [6, 6.07) is 7.88. The summed E-state index contributed by atoms with van der Waals surface area (Å²) in [5.74, 6) is 0.301. The van der Waals surface area contributed by atoms with Gasteiger partial charge in [0.2, 0.25) is 0 Å². The predicted octanol–water partition coefficient (Wildman–Crippen LogP) is 3.27. The second-order valence-electron chi connectivity index (χ2n) is 5.83. The van der Waals surface area contributed by atoms with Gasteiger partial charge in [0.15, 0.2) is 6.29 Å². The SMILES string of the molecule is C[C@@]12CC[C@H](Cc3ccc(Cl)cc3)[C@]1(C=O)OC2. The molecule has 1 saturated carbocycles. The third-order valence-corrected chi connectivity index (χ3v) is 5.05. The molecule has 0 spiro atoms. The normalized spacial score (nSPS) is 38.0. The summed E-state index contributed by atoms with van der Waals surface area (Å²) in [4.78, 5) is 11.5. The summed E-state index contributed by atoms with van der Waals surface area (Å²) in [5, 5.41) is 0.750. The zero-order valence-electron chi connectivity index (χ0n) is 10.5. The first-order valence-corrected chi connectivity index (χ1v) is 6.82. The predicted molar refractivity (Wildman–Crippen MR) is 70.7 cm³/mol. The molecule has 0 aromatic heterocycles. The van der Waals surface area contributed by atoms with Gasteiger partial charge in [-0.2, -0.15) is 0 Å². The Labute approximate surface area is 112 Å². The van der Waals surface area contributed by atoms with Crippen molar-refractivity contribution in [1.29, 1.82) is 0 Å². The Morgan fingerprint density at radius 2 is 2.17 bits per heavy atom. The van der Waals surface area contributed by atoms with Crippen molar-refractivity contribution in [2.24, 2.45) is 11.3 Å². The van der Waals surface area contributed by atoms with Crippen LogP contribution in [-0.4, -0.2) is 18.5 Å². The lowest BCUT2D eigenvalue weighted by atomic mass is 9.68. The van der Waals surface area contributed by atoms with Crippen LogP contribution in [0.2, 0.25) is 5.02 Å². The van der Waals surface area contributed by atoms with E-state index in [1.165, 1.54) is 5.56 Å². The van der Waals surface area contributed by atoms with Gasteiger partial charge in [0, 0.05) is 10.4 Å². The summed E-state index contributed by atoms with van der Waals surface area (Å²) in [5.41, 5.74) is 0.753. The monoisotopic (exact) mass is 264 g/mol. The Kier molecular flexibility index (Phi) is 2.76. The smallest absolute Gasteiger partial charge is 0.152 e. The zero-order valence-corrected chi connectivity index (χ0v) is 11.2. The van der Waals surface area contributed by atoms with Crippen molar-refractivity contribution in [3.63, 3.8) is 0 Å². The van der Waals surface area contributed by atoms with Gasteiger partial charge in [-0.1, -0.05) is 30.7 Å². The first-order valence-electron chi connectivity index (χ1n) is 6.44. The minimum atomic E-state index is -0.535. The van der Waals surface area contributed by atoms with Crippen molar-refractivity contribution in [3.05, 3.63) is 34.9 Å². The number of hydrogen-bond acceptors (Lipinski definition) is 2. The number of rotatable bonds is 3. The van der Waals surface area contributed by atoms with E-state index in [0.717, 1.165) is 37.2 Å². The summed E-state index contributed by atoms with van der Waals surface area (Å²) >= 11 is 5.89. The van der Waals surface area contributed by atoms with Gasteiger partial charge < -0.3 is 9.53 Å². The van der Waals surface area contributed by atoms with Crippen LogP contribution in [0.25, 0.3) is 0 Å². The van der Waals surface area contributed by atoms with E-state index in [-0.39, 0.29) is 5.41 Å². The Balaban J connectivity index is 1.81. The van der Waals surface area contributed by atoms with E-state index in [9.17, 15) is 4.79 Å². The van der Waals surface area contributed by atoms with E-state index >= 15 is 0 Å². The third kappa shape index (κ3) is 1.55. The molecule has 1 heterocycles. The number of fused-ring (bicyclic) bond motifs is 1. The number of carbonyl (C=O) groups is 1. The molecule has 1 aromatic rings. The second kappa shape index (κ2) is 4.07. The number of ether oxygens (including phenoxy) is 1. The summed E-state index contributed by atoms with van der Waals surface area (Å²) in [7, 11) is 0. The first kappa shape index (κ1) is 12.2. The van der Waals surface area contributed by atoms with Crippen LogP contribution in [0.3, 0.4) is 0 Å². The molecule has 3 rings (SSSR count). The van der Waals surface area contributed by atoms with Gasteiger partial charge >= 0.3 is 0 Å². The molecule has 96 valence electrons. The van der Waals surface area contributed by atoms with Gasteiger partial charge in [0.05, 0.1) is 6.61 Å². The number of carbonyl (C=O) groups excluding carboxylic acids is 1. The van der Waals surface area contributed by atoms with Gasteiger partial charge in [-0.05, 0) is 42.9 Å². The fourth-order valence-electron chi connectivity index (χ4n) is 3.50. The van der Waals surface area contributed by atoms with Gasteiger partial charge in [-0.3, -0.25) is 0 Å². The van der Waals surface area contributed by atoms with Gasteiger partial charge in [0.1, 0.15) is 5.60 Å². The molecular weight excluding hydrogens is 248 g/mol. The Bertz CT molecular complexity index is 470. The zero-order chi connectivity index (χ0) is 12.8. The van der Waals surface area contributed by atoms with Crippen LogP contribution >= 0.6 is 11.6 Å². The van der Waals surface area contributed by atoms with Crippen molar-refractivity contribution < 1.29 is 9.53 Å².